The molecule has 0 aliphatic heterocycles. The average Bonchev–Trinajstić information content (AvgIpc) is 2.68. The Balaban J connectivity index is 2.53. The van der Waals surface area contributed by atoms with Gasteiger partial charge in [-0.1, -0.05) is 45.1 Å². The number of hydrogen-bond acceptors (Lipinski definition) is 3. The molecular formula is C24H38O5. The summed E-state index contributed by atoms with van der Waals surface area (Å²) < 4.78 is 5.94. The van der Waals surface area contributed by atoms with Crippen LogP contribution in [0.15, 0.2) is 18.2 Å². The van der Waals surface area contributed by atoms with Crippen LogP contribution in [0.3, 0.4) is 0 Å². The number of aliphatic carboxylic acids is 2. The molecule has 29 heavy (non-hydrogen) atoms. The van der Waals surface area contributed by atoms with Gasteiger partial charge in [-0.2, -0.15) is 0 Å². The van der Waals surface area contributed by atoms with Gasteiger partial charge in [0.15, 0.2) is 0 Å². The lowest BCUT2D eigenvalue weighted by Crippen LogP contribution is -2.02. The van der Waals surface area contributed by atoms with Gasteiger partial charge in [0.25, 0.3) is 0 Å². The summed E-state index contributed by atoms with van der Waals surface area (Å²) in [6.07, 6.45) is 12.5. The summed E-state index contributed by atoms with van der Waals surface area (Å²) in [5.41, 5.74) is 2.42. The summed E-state index contributed by atoms with van der Waals surface area (Å²) in [6.45, 7) is 2.95. The van der Waals surface area contributed by atoms with Gasteiger partial charge in [0, 0.05) is 12.8 Å². The largest absolute Gasteiger partial charge is 0.494 e. The summed E-state index contributed by atoms with van der Waals surface area (Å²) in [5, 5.41) is 17.6. The fourth-order valence-corrected chi connectivity index (χ4v) is 3.42. The Hall–Kier alpha value is -2.04. The molecule has 2 N–H and O–H groups in total. The highest BCUT2D eigenvalue weighted by Crippen LogP contribution is 2.22. The highest BCUT2D eigenvalue weighted by Gasteiger charge is 2.07. The molecule has 0 atom stereocenters. The molecule has 0 saturated carbocycles. The van der Waals surface area contributed by atoms with Gasteiger partial charge in [-0.25, -0.2) is 0 Å². The van der Waals surface area contributed by atoms with Gasteiger partial charge in [0.05, 0.1) is 6.61 Å². The van der Waals surface area contributed by atoms with E-state index in [4.69, 9.17) is 14.9 Å². The summed E-state index contributed by atoms with van der Waals surface area (Å²) in [6, 6.07) is 6.18. The number of aryl methyl sites for hydroxylation is 2. The fraction of sp³-hybridized carbons (Fsp3) is 0.667. The van der Waals surface area contributed by atoms with Crippen LogP contribution >= 0.6 is 0 Å². The Morgan fingerprint density at radius 2 is 1.34 bits per heavy atom. The zero-order valence-corrected chi connectivity index (χ0v) is 18.0. The first-order valence-electron chi connectivity index (χ1n) is 11.2. The minimum atomic E-state index is -0.755. The smallest absolute Gasteiger partial charge is 0.303 e. The lowest BCUT2D eigenvalue weighted by molar-refractivity contribution is -0.138. The predicted molar refractivity (Wildman–Crippen MR) is 116 cm³/mol. The van der Waals surface area contributed by atoms with Crippen LogP contribution in [0.25, 0.3) is 0 Å². The highest BCUT2D eigenvalue weighted by molar-refractivity contribution is 5.66. The molecule has 5 nitrogen and oxygen atoms in total. The topological polar surface area (TPSA) is 83.8 Å². The lowest BCUT2D eigenvalue weighted by atomic mass is 9.96. The van der Waals surface area contributed by atoms with Crippen LogP contribution < -0.4 is 4.74 Å². The van der Waals surface area contributed by atoms with E-state index in [0.29, 0.717) is 12.8 Å². The van der Waals surface area contributed by atoms with E-state index >= 15 is 0 Å². The molecule has 0 unspecified atom stereocenters. The van der Waals surface area contributed by atoms with E-state index < -0.39 is 11.9 Å². The van der Waals surface area contributed by atoms with Crippen molar-refractivity contribution in [2.45, 2.75) is 96.8 Å². The summed E-state index contributed by atoms with van der Waals surface area (Å²) in [7, 11) is 0. The van der Waals surface area contributed by atoms with Crippen LogP contribution in [0.1, 0.15) is 95.1 Å². The van der Waals surface area contributed by atoms with Crippen molar-refractivity contribution in [3.05, 3.63) is 29.3 Å². The normalized spacial score (nSPS) is 10.8. The average molecular weight is 407 g/mol. The molecule has 0 radical (unpaired) electrons. The van der Waals surface area contributed by atoms with Crippen molar-refractivity contribution in [3.63, 3.8) is 0 Å². The third-order valence-electron chi connectivity index (χ3n) is 5.12. The molecule has 0 aliphatic carbocycles. The van der Waals surface area contributed by atoms with Crippen molar-refractivity contribution in [2.24, 2.45) is 0 Å². The first kappa shape index (κ1) is 25.0. The summed E-state index contributed by atoms with van der Waals surface area (Å²) in [4.78, 5) is 21.4. The molecule has 1 aromatic carbocycles. The monoisotopic (exact) mass is 406 g/mol. The second kappa shape index (κ2) is 15.8. The number of hydrogen-bond donors (Lipinski definition) is 2. The maximum Gasteiger partial charge on any atom is 0.303 e. The first-order chi connectivity index (χ1) is 14.0. The van der Waals surface area contributed by atoms with Gasteiger partial charge in [-0.3, -0.25) is 9.59 Å². The molecule has 0 fully saturated rings. The number of rotatable bonds is 18. The van der Waals surface area contributed by atoms with E-state index in [-0.39, 0.29) is 12.8 Å². The van der Waals surface area contributed by atoms with E-state index in [0.717, 1.165) is 44.5 Å². The van der Waals surface area contributed by atoms with Gasteiger partial charge in [-0.15, -0.1) is 0 Å². The molecule has 1 aromatic rings. The maximum atomic E-state index is 10.7. The van der Waals surface area contributed by atoms with Gasteiger partial charge >= 0.3 is 11.9 Å². The van der Waals surface area contributed by atoms with Gasteiger partial charge in [-0.05, 0) is 68.2 Å². The quantitative estimate of drug-likeness (QED) is 0.291. The number of unbranched alkanes of at least 4 members (excludes halogenated alkanes) is 7. The van der Waals surface area contributed by atoms with Crippen LogP contribution in [0.5, 0.6) is 5.75 Å². The summed E-state index contributed by atoms with van der Waals surface area (Å²) >= 11 is 0. The Morgan fingerprint density at radius 1 is 0.759 bits per heavy atom. The molecule has 0 amide bonds. The minimum absolute atomic E-state index is 0.197. The minimum Gasteiger partial charge on any atom is -0.494 e. The van der Waals surface area contributed by atoms with Gasteiger partial charge in [0.1, 0.15) is 5.75 Å². The van der Waals surface area contributed by atoms with Crippen LogP contribution in [-0.4, -0.2) is 28.8 Å². The fourth-order valence-electron chi connectivity index (χ4n) is 3.42. The highest BCUT2D eigenvalue weighted by atomic mass is 16.5. The molecular weight excluding hydrogens is 368 g/mol. The summed E-state index contributed by atoms with van der Waals surface area (Å²) in [5.74, 6) is -0.631. The third kappa shape index (κ3) is 12.9. The van der Waals surface area contributed by atoms with Gasteiger partial charge in [0.2, 0.25) is 0 Å². The van der Waals surface area contributed by atoms with Crippen LogP contribution in [0, 0.1) is 0 Å². The number of carboxylic acids is 2. The maximum absolute atomic E-state index is 10.7. The Morgan fingerprint density at radius 3 is 1.97 bits per heavy atom. The zero-order chi connectivity index (χ0) is 21.3. The van der Waals surface area contributed by atoms with E-state index in [1.54, 1.807) is 0 Å². The molecule has 0 aliphatic rings. The van der Waals surface area contributed by atoms with E-state index in [1.807, 2.05) is 6.07 Å². The second-order valence-corrected chi connectivity index (χ2v) is 7.75. The van der Waals surface area contributed by atoms with Crippen molar-refractivity contribution in [1.82, 2.24) is 0 Å². The van der Waals surface area contributed by atoms with Crippen molar-refractivity contribution in [3.8, 4) is 5.75 Å². The standard InChI is InChI=1S/C24H38O5/c1-2-3-4-5-6-11-18-29-22-17-16-20(12-7-9-14-23(25)26)21(19-22)13-8-10-15-24(27)28/h16-17,19H,2-15,18H2,1H3,(H,25,26)(H,27,28). The number of carboxylic acid groups (broad SMARTS) is 2. The predicted octanol–water partition coefficient (Wildman–Crippen LogP) is 6.02. The molecule has 0 bridgehead atoms. The Kier molecular flexibility index (Phi) is 13.6. The second-order valence-electron chi connectivity index (χ2n) is 7.75. The van der Waals surface area contributed by atoms with Crippen LogP contribution in [0.4, 0.5) is 0 Å². The Labute approximate surface area is 175 Å². The molecule has 0 saturated heterocycles. The van der Waals surface area contributed by atoms with Crippen LogP contribution in [-0.2, 0) is 22.4 Å². The number of carbonyl (C=O) groups is 2. The van der Waals surface area contributed by atoms with Gasteiger partial charge < -0.3 is 14.9 Å². The van der Waals surface area contributed by atoms with E-state index in [1.165, 1.54) is 43.2 Å². The molecule has 0 heterocycles. The molecule has 5 heteroatoms. The lowest BCUT2D eigenvalue weighted by Gasteiger charge is -2.13. The van der Waals surface area contributed by atoms with Crippen molar-refractivity contribution in [2.75, 3.05) is 6.61 Å². The van der Waals surface area contributed by atoms with E-state index in [2.05, 4.69) is 19.1 Å². The SMILES string of the molecule is CCCCCCCCOc1ccc(CCCCC(=O)O)c(CCCCC(=O)O)c1. The molecule has 1 rings (SSSR count). The number of ether oxygens (including phenoxy) is 1. The zero-order valence-electron chi connectivity index (χ0n) is 18.0. The third-order valence-corrected chi connectivity index (χ3v) is 5.12. The molecule has 0 spiro atoms. The molecule has 164 valence electrons. The van der Waals surface area contributed by atoms with Crippen molar-refractivity contribution >= 4 is 11.9 Å². The molecule has 0 aromatic heterocycles. The van der Waals surface area contributed by atoms with Crippen molar-refractivity contribution < 1.29 is 24.5 Å². The van der Waals surface area contributed by atoms with E-state index in [9.17, 15) is 9.59 Å². The van der Waals surface area contributed by atoms with Crippen molar-refractivity contribution in [1.29, 1.82) is 0 Å². The first-order valence-corrected chi connectivity index (χ1v) is 11.2. The Bertz CT molecular complexity index is 597. The number of benzene rings is 1. The van der Waals surface area contributed by atoms with Crippen LogP contribution in [0.2, 0.25) is 0 Å².